The number of ether oxygens (including phenoxy) is 1. The van der Waals surface area contributed by atoms with Gasteiger partial charge in [0.15, 0.2) is 0 Å². The summed E-state index contributed by atoms with van der Waals surface area (Å²) in [6.07, 6.45) is 0. The van der Waals surface area contributed by atoms with Crippen molar-refractivity contribution in [2.45, 2.75) is 41.5 Å². The Balaban J connectivity index is 2.68. The molecule has 0 N–H and O–H groups in total. The van der Waals surface area contributed by atoms with Crippen LogP contribution in [0.25, 0.3) is 0 Å². The Hall–Kier alpha value is -1.06. The van der Waals surface area contributed by atoms with E-state index < -0.39 is 0 Å². The molecule has 0 spiro atoms. The molecule has 1 aliphatic carbocycles. The van der Waals surface area contributed by atoms with Crippen LogP contribution in [0.4, 0.5) is 0 Å². The largest absolute Gasteiger partial charge is 0.465 e. The van der Waals surface area contributed by atoms with E-state index in [4.69, 9.17) is 4.74 Å². The van der Waals surface area contributed by atoms with Gasteiger partial charge in [0.25, 0.3) is 0 Å². The van der Waals surface area contributed by atoms with Crippen LogP contribution in [-0.4, -0.2) is 36.5 Å². The van der Waals surface area contributed by atoms with Crippen molar-refractivity contribution in [2.24, 2.45) is 16.7 Å². The fourth-order valence-corrected chi connectivity index (χ4v) is 2.70. The molecule has 0 heterocycles. The Bertz CT molecular complexity index is 333. The van der Waals surface area contributed by atoms with Crippen molar-refractivity contribution in [2.75, 3.05) is 19.7 Å². The van der Waals surface area contributed by atoms with Gasteiger partial charge in [0.2, 0.25) is 5.91 Å². The Labute approximate surface area is 110 Å². The first-order valence-electron chi connectivity index (χ1n) is 6.64. The van der Waals surface area contributed by atoms with Gasteiger partial charge in [0.1, 0.15) is 6.54 Å². The fourth-order valence-electron chi connectivity index (χ4n) is 2.70. The van der Waals surface area contributed by atoms with Crippen molar-refractivity contribution in [3.63, 3.8) is 0 Å². The molecule has 0 bridgehead atoms. The average molecular weight is 255 g/mol. The fraction of sp³-hybridized carbons (Fsp3) is 0.857. The number of amides is 1. The van der Waals surface area contributed by atoms with Crippen molar-refractivity contribution in [3.8, 4) is 0 Å². The van der Waals surface area contributed by atoms with Crippen molar-refractivity contribution in [1.82, 2.24) is 4.90 Å². The number of carbonyl (C=O) groups excluding carboxylic acids is 2. The lowest BCUT2D eigenvalue weighted by molar-refractivity contribution is -0.149. The molecule has 0 unspecified atom stereocenters. The molecule has 0 radical (unpaired) electrons. The summed E-state index contributed by atoms with van der Waals surface area (Å²) in [6, 6.07) is 0. The lowest BCUT2D eigenvalue weighted by atomic mass is 10.0. The van der Waals surface area contributed by atoms with Crippen molar-refractivity contribution in [3.05, 3.63) is 0 Å². The highest BCUT2D eigenvalue weighted by Crippen LogP contribution is 2.68. The molecule has 4 heteroatoms. The van der Waals surface area contributed by atoms with Crippen LogP contribution in [-0.2, 0) is 14.3 Å². The number of likely N-dealkylation sites (N-methyl/N-ethyl adjacent to an activating group) is 1. The standard InChI is InChI=1S/C14H25NO3/c1-7-15(9-10(16)18-8-2)12(17)11-13(3,4)14(11,5)6/h11H,7-9H2,1-6H3. The maximum absolute atomic E-state index is 12.4. The van der Waals surface area contributed by atoms with Crippen LogP contribution in [0, 0.1) is 16.7 Å². The molecule has 1 aliphatic rings. The summed E-state index contributed by atoms with van der Waals surface area (Å²) in [6.45, 7) is 13.0. The second-order valence-electron chi connectivity index (χ2n) is 6.03. The maximum Gasteiger partial charge on any atom is 0.325 e. The maximum atomic E-state index is 12.4. The number of nitrogens with zero attached hydrogens (tertiary/aromatic N) is 1. The normalized spacial score (nSPS) is 20.3. The van der Waals surface area contributed by atoms with Gasteiger partial charge in [-0.15, -0.1) is 0 Å². The lowest BCUT2D eigenvalue weighted by Crippen LogP contribution is -2.38. The molecule has 18 heavy (non-hydrogen) atoms. The van der Waals surface area contributed by atoms with Gasteiger partial charge in [-0.25, -0.2) is 0 Å². The molecule has 1 saturated carbocycles. The lowest BCUT2D eigenvalue weighted by Gasteiger charge is -2.20. The molecule has 0 aromatic rings. The van der Waals surface area contributed by atoms with Gasteiger partial charge in [-0.05, 0) is 24.7 Å². The van der Waals surface area contributed by atoms with Crippen molar-refractivity contribution < 1.29 is 14.3 Å². The molecule has 0 aromatic heterocycles. The highest BCUT2D eigenvalue weighted by Gasteiger charge is 2.68. The molecule has 1 fully saturated rings. The third-order valence-electron chi connectivity index (χ3n) is 4.59. The molecule has 1 amide bonds. The minimum Gasteiger partial charge on any atom is -0.465 e. The van der Waals surface area contributed by atoms with Crippen LogP contribution in [0.1, 0.15) is 41.5 Å². The predicted molar refractivity (Wildman–Crippen MR) is 69.9 cm³/mol. The zero-order valence-corrected chi connectivity index (χ0v) is 12.4. The summed E-state index contributed by atoms with van der Waals surface area (Å²) in [4.78, 5) is 25.5. The molecule has 1 rings (SSSR count). The van der Waals surface area contributed by atoms with Crippen LogP contribution in [0.2, 0.25) is 0 Å². The second-order valence-corrected chi connectivity index (χ2v) is 6.03. The Morgan fingerprint density at radius 3 is 1.94 bits per heavy atom. The van der Waals surface area contributed by atoms with E-state index in [0.29, 0.717) is 13.2 Å². The van der Waals surface area contributed by atoms with E-state index in [1.807, 2.05) is 6.92 Å². The summed E-state index contributed by atoms with van der Waals surface area (Å²) >= 11 is 0. The molecule has 4 nitrogen and oxygen atoms in total. The van der Waals surface area contributed by atoms with E-state index >= 15 is 0 Å². The van der Waals surface area contributed by atoms with Gasteiger partial charge in [-0.3, -0.25) is 9.59 Å². The molecule has 0 atom stereocenters. The van der Waals surface area contributed by atoms with E-state index in [1.165, 1.54) is 0 Å². The number of hydrogen-bond acceptors (Lipinski definition) is 3. The van der Waals surface area contributed by atoms with Gasteiger partial charge in [-0.2, -0.15) is 0 Å². The van der Waals surface area contributed by atoms with Gasteiger partial charge in [-0.1, -0.05) is 27.7 Å². The van der Waals surface area contributed by atoms with Gasteiger partial charge < -0.3 is 9.64 Å². The number of rotatable bonds is 5. The highest BCUT2D eigenvalue weighted by atomic mass is 16.5. The van der Waals surface area contributed by atoms with Crippen LogP contribution >= 0.6 is 0 Å². The minimum absolute atomic E-state index is 0.000577. The Morgan fingerprint density at radius 2 is 1.61 bits per heavy atom. The van der Waals surface area contributed by atoms with E-state index in [0.717, 1.165) is 0 Å². The topological polar surface area (TPSA) is 46.6 Å². The second kappa shape index (κ2) is 4.90. The molecule has 0 saturated heterocycles. The quantitative estimate of drug-likeness (QED) is 0.707. The molecule has 0 aliphatic heterocycles. The van der Waals surface area contributed by atoms with Crippen molar-refractivity contribution in [1.29, 1.82) is 0 Å². The van der Waals surface area contributed by atoms with Crippen LogP contribution in [0.15, 0.2) is 0 Å². The van der Waals surface area contributed by atoms with E-state index in [9.17, 15) is 9.59 Å². The first-order valence-corrected chi connectivity index (χ1v) is 6.64. The van der Waals surface area contributed by atoms with Crippen LogP contribution in [0.3, 0.4) is 0 Å². The highest BCUT2D eigenvalue weighted by molar-refractivity contribution is 5.87. The van der Waals surface area contributed by atoms with Gasteiger partial charge in [0.05, 0.1) is 6.61 Å². The third kappa shape index (κ3) is 2.38. The third-order valence-corrected chi connectivity index (χ3v) is 4.59. The summed E-state index contributed by atoms with van der Waals surface area (Å²) in [5.41, 5.74) is 0.0122. The summed E-state index contributed by atoms with van der Waals surface area (Å²) in [5, 5.41) is 0. The minimum atomic E-state index is -0.330. The van der Waals surface area contributed by atoms with E-state index in [1.54, 1.807) is 11.8 Å². The van der Waals surface area contributed by atoms with Crippen molar-refractivity contribution >= 4 is 11.9 Å². The van der Waals surface area contributed by atoms with Gasteiger partial charge >= 0.3 is 5.97 Å². The monoisotopic (exact) mass is 255 g/mol. The number of esters is 1. The summed E-state index contributed by atoms with van der Waals surface area (Å²) in [7, 11) is 0. The number of carbonyl (C=O) groups is 2. The van der Waals surface area contributed by atoms with E-state index in [-0.39, 0.29) is 35.2 Å². The Kier molecular flexibility index (Phi) is 4.08. The number of hydrogen-bond donors (Lipinski definition) is 0. The molecular weight excluding hydrogens is 230 g/mol. The van der Waals surface area contributed by atoms with E-state index in [2.05, 4.69) is 27.7 Å². The zero-order valence-electron chi connectivity index (χ0n) is 12.4. The summed E-state index contributed by atoms with van der Waals surface area (Å²) in [5.74, 6) is -0.260. The molecule has 104 valence electrons. The molecule has 0 aromatic carbocycles. The summed E-state index contributed by atoms with van der Waals surface area (Å²) < 4.78 is 4.90. The Morgan fingerprint density at radius 1 is 1.11 bits per heavy atom. The zero-order chi connectivity index (χ0) is 14.1. The SMILES string of the molecule is CCOC(=O)CN(CC)C(=O)C1C(C)(C)C1(C)C. The predicted octanol–water partition coefficient (Wildman–Crippen LogP) is 2.08. The van der Waals surface area contributed by atoms with Gasteiger partial charge in [0, 0.05) is 12.5 Å². The first kappa shape index (κ1) is 15.0. The van der Waals surface area contributed by atoms with Crippen LogP contribution < -0.4 is 0 Å². The average Bonchev–Trinajstić information content (AvgIpc) is 2.65. The smallest absolute Gasteiger partial charge is 0.325 e. The molecular formula is C14H25NO3. The first-order chi connectivity index (χ1) is 8.20. The van der Waals surface area contributed by atoms with Crippen LogP contribution in [0.5, 0.6) is 0 Å².